The van der Waals surface area contributed by atoms with Crippen LogP contribution in [0.3, 0.4) is 0 Å². The molecule has 19 nitrogen and oxygen atoms in total. The van der Waals surface area contributed by atoms with Crippen molar-refractivity contribution in [3.05, 3.63) is 45.7 Å². The molecule has 5 N–H and O–H groups in total. The minimum atomic E-state index is -1.86. The van der Waals surface area contributed by atoms with Gasteiger partial charge in [0.2, 0.25) is 0 Å². The van der Waals surface area contributed by atoms with Crippen LogP contribution in [0.25, 0.3) is 0 Å². The minimum Gasteiger partial charge on any atom is -0.459 e. The van der Waals surface area contributed by atoms with Gasteiger partial charge in [0.05, 0.1) is 55.2 Å². The van der Waals surface area contributed by atoms with E-state index in [1.54, 1.807) is 77.5 Å². The van der Waals surface area contributed by atoms with Crippen molar-refractivity contribution in [1.82, 2.24) is 30.1 Å². The number of aromatic nitrogens is 3. The zero-order chi connectivity index (χ0) is 52.2. The maximum absolute atomic E-state index is 14.5. The van der Waals surface area contributed by atoms with Gasteiger partial charge in [-0.25, -0.2) is 9.48 Å². The maximum atomic E-state index is 14.5. The first-order valence-electron chi connectivity index (χ1n) is 24.4. The number of esters is 1. The van der Waals surface area contributed by atoms with E-state index in [-0.39, 0.29) is 43.9 Å². The highest BCUT2D eigenvalue weighted by molar-refractivity contribution is 6.35. The Kier molecular flexibility index (Phi) is 20.0. The number of halogens is 2. The minimum absolute atomic E-state index is 0.00453. The molecule has 1 amide bonds. The van der Waals surface area contributed by atoms with Crippen LogP contribution in [0.4, 0.5) is 4.79 Å². The lowest BCUT2D eigenvalue weighted by molar-refractivity contribution is -0.317. The van der Waals surface area contributed by atoms with E-state index in [0.717, 1.165) is 5.56 Å². The van der Waals surface area contributed by atoms with Crippen LogP contribution in [-0.4, -0.2) is 182 Å². The van der Waals surface area contributed by atoms with Crippen LogP contribution in [0.15, 0.2) is 24.4 Å². The van der Waals surface area contributed by atoms with E-state index in [0.29, 0.717) is 35.2 Å². The Morgan fingerprint density at radius 2 is 1.70 bits per heavy atom. The molecule has 4 heterocycles. The molecule has 1 aromatic carbocycles. The summed E-state index contributed by atoms with van der Waals surface area (Å²) in [5.41, 5.74) is -3.42. The fourth-order valence-corrected chi connectivity index (χ4v) is 11.1. The number of likely N-dealkylation sites (N-methyl/N-ethyl adjacent to an activating group) is 2. The molecule has 3 aliphatic heterocycles. The first-order chi connectivity index (χ1) is 32.6. The third kappa shape index (κ3) is 13.9. The van der Waals surface area contributed by atoms with E-state index < -0.39 is 102 Å². The number of methoxy groups -OCH3 is 1. The van der Waals surface area contributed by atoms with Gasteiger partial charge < -0.3 is 68.7 Å². The Morgan fingerprint density at radius 3 is 2.33 bits per heavy atom. The van der Waals surface area contributed by atoms with Gasteiger partial charge in [0.15, 0.2) is 18.7 Å². The number of nitrogens with zero attached hydrogens (tertiary/aromatic N) is 5. The van der Waals surface area contributed by atoms with Crippen molar-refractivity contribution in [3.63, 3.8) is 0 Å². The molecule has 0 radical (unpaired) electrons. The summed E-state index contributed by atoms with van der Waals surface area (Å²) in [6.07, 6.45) is -8.24. The second-order valence-electron chi connectivity index (χ2n) is 21.0. The zero-order valence-electron chi connectivity index (χ0n) is 43.4. The van der Waals surface area contributed by atoms with Gasteiger partial charge in [-0.05, 0) is 112 Å². The second-order valence-corrected chi connectivity index (χ2v) is 21.9. The Morgan fingerprint density at radius 1 is 1.01 bits per heavy atom. The number of hydrogen-bond donors (Lipinski definition) is 5. The molecule has 3 fully saturated rings. The molecular weight excluding hydrogens is 951 g/mol. The van der Waals surface area contributed by atoms with Crippen molar-refractivity contribution in [2.75, 3.05) is 34.8 Å². The molecule has 398 valence electrons. The predicted octanol–water partition coefficient (Wildman–Crippen LogP) is 4.78. The Bertz CT molecular complexity index is 2030. The Hall–Kier alpha value is -2.76. The number of alkyl carbamates (subject to hydrolysis) is 1. The van der Waals surface area contributed by atoms with Gasteiger partial charge in [0, 0.05) is 48.1 Å². The topological polar surface area (TPSA) is 229 Å². The third-order valence-electron chi connectivity index (χ3n) is 14.7. The van der Waals surface area contributed by atoms with Crippen LogP contribution in [0.2, 0.25) is 10.0 Å². The van der Waals surface area contributed by atoms with Gasteiger partial charge in [-0.3, -0.25) is 4.79 Å². The van der Waals surface area contributed by atoms with E-state index in [9.17, 15) is 30.0 Å². The molecule has 5 rings (SSSR count). The number of rotatable bonds is 12. The SMILES string of the molecule is CC[C@H]1OC(=O)[C@H](C)[C@@H](O[C@H]2C[C@@](C)(OC)[C@@H](OC(=O)NCc3cn(Cc4ccc(Cl)cc4Cl)nn3)[C@H](C)O2)[C@H](C)[C@@H](O[C@@H]2O[C@H](C)C[C@H](N(C)C)[C@H]2O)[C@](C)(O)C[C@@H](C)CN(C)[C@H](C)[C@@H](O)[C@]1(C)O. The molecular formula is C49H80Cl2N6O13. The van der Waals surface area contributed by atoms with Crippen LogP contribution in [-0.2, 0) is 51.0 Å². The smallest absolute Gasteiger partial charge is 0.407 e. The number of carbonyl (C=O) groups is 2. The summed E-state index contributed by atoms with van der Waals surface area (Å²) in [4.78, 5) is 31.8. The summed E-state index contributed by atoms with van der Waals surface area (Å²) >= 11 is 12.4. The Balaban J connectivity index is 1.43. The van der Waals surface area contributed by atoms with Gasteiger partial charge in [0.25, 0.3) is 0 Å². The number of aliphatic hydroxyl groups is 4. The van der Waals surface area contributed by atoms with Crippen LogP contribution in [0.1, 0.15) is 106 Å². The lowest BCUT2D eigenvalue weighted by Crippen LogP contribution is -2.61. The lowest BCUT2D eigenvalue weighted by atomic mass is 9.77. The molecule has 0 bridgehead atoms. The molecule has 3 aliphatic rings. The number of hydrogen-bond acceptors (Lipinski definition) is 17. The van der Waals surface area contributed by atoms with Gasteiger partial charge in [-0.1, -0.05) is 55.3 Å². The summed E-state index contributed by atoms with van der Waals surface area (Å²) in [6, 6.07) is 4.28. The van der Waals surface area contributed by atoms with Crippen molar-refractivity contribution in [2.24, 2.45) is 17.8 Å². The van der Waals surface area contributed by atoms with E-state index >= 15 is 0 Å². The zero-order valence-corrected chi connectivity index (χ0v) is 44.9. The monoisotopic (exact) mass is 1030 g/mol. The molecule has 1 aromatic heterocycles. The molecule has 2 aromatic rings. The fraction of sp³-hybridized carbons (Fsp3) is 0.796. The third-order valence-corrected chi connectivity index (χ3v) is 15.3. The Labute approximate surface area is 423 Å². The molecule has 0 unspecified atom stereocenters. The van der Waals surface area contributed by atoms with Crippen LogP contribution >= 0.6 is 23.2 Å². The molecule has 0 spiro atoms. The standard InChI is InChI=1S/C49H80Cl2N6O13/c1-15-37-49(10,63)41(59)30(6)56(13)23-26(2)20-47(8,62)42(69-45-39(58)36(55(11)12)18-27(3)65-45)28(4)40(29(5)44(60)67-37)68-38-21-48(9,64-14)43(31(7)66-38)70-46(61)52-22-34-25-57(54-53-34)24-32-16-17-33(50)19-35(32)51/h16-17,19,25-31,36-43,45,58-59,62-63H,15,18,20-24H2,1-14H3,(H,52,61)/t26-,27-,28+,29-,30-,31+,36+,37-,38+,39-,40+,41-,42-,43+,45+,47-,48-,49-/m1/s1. The van der Waals surface area contributed by atoms with Crippen LogP contribution in [0.5, 0.6) is 0 Å². The van der Waals surface area contributed by atoms with Gasteiger partial charge in [-0.2, -0.15) is 0 Å². The summed E-state index contributed by atoms with van der Waals surface area (Å²) in [5, 5.41) is 60.1. The molecule has 0 aliphatic carbocycles. The number of nitrogens with one attached hydrogen (secondary N) is 1. The number of ether oxygens (including phenoxy) is 7. The highest BCUT2D eigenvalue weighted by Gasteiger charge is 2.54. The summed E-state index contributed by atoms with van der Waals surface area (Å²) in [7, 11) is 7.06. The van der Waals surface area contributed by atoms with E-state index in [4.69, 9.17) is 56.4 Å². The molecule has 3 saturated heterocycles. The first-order valence-corrected chi connectivity index (χ1v) is 25.2. The van der Waals surface area contributed by atoms with E-state index in [1.165, 1.54) is 14.0 Å². The summed E-state index contributed by atoms with van der Waals surface area (Å²) < 4.78 is 46.2. The van der Waals surface area contributed by atoms with Crippen molar-refractivity contribution in [1.29, 1.82) is 0 Å². The number of amides is 1. The average Bonchev–Trinajstić information content (AvgIpc) is 3.74. The van der Waals surface area contributed by atoms with E-state index in [2.05, 4.69) is 15.6 Å². The maximum Gasteiger partial charge on any atom is 0.407 e. The molecule has 18 atom stereocenters. The lowest BCUT2D eigenvalue weighted by Gasteiger charge is -2.49. The fourth-order valence-electron chi connectivity index (χ4n) is 10.6. The van der Waals surface area contributed by atoms with E-state index in [1.807, 2.05) is 44.8 Å². The van der Waals surface area contributed by atoms with Gasteiger partial charge in [-0.15, -0.1) is 5.10 Å². The van der Waals surface area contributed by atoms with Gasteiger partial charge in [0.1, 0.15) is 35.2 Å². The van der Waals surface area contributed by atoms with Crippen LogP contribution in [0, 0.1) is 17.8 Å². The number of aliphatic hydroxyl groups excluding tert-OH is 2. The summed E-state index contributed by atoms with van der Waals surface area (Å²) in [5.74, 6) is -2.87. The van der Waals surface area contributed by atoms with Crippen molar-refractivity contribution in [3.8, 4) is 0 Å². The highest BCUT2D eigenvalue weighted by atomic mass is 35.5. The highest BCUT2D eigenvalue weighted by Crippen LogP contribution is 2.41. The molecule has 21 heteroatoms. The van der Waals surface area contributed by atoms with Crippen LogP contribution < -0.4 is 5.32 Å². The van der Waals surface area contributed by atoms with Crippen molar-refractivity contribution in [2.45, 2.75) is 198 Å². The van der Waals surface area contributed by atoms with Crippen molar-refractivity contribution >= 4 is 35.3 Å². The predicted molar refractivity (Wildman–Crippen MR) is 261 cm³/mol. The largest absolute Gasteiger partial charge is 0.459 e. The first kappa shape index (κ1) is 58.1. The number of carbonyl (C=O) groups excluding carboxylic acids is 2. The normalized spacial score (nSPS) is 39.7. The number of benzene rings is 1. The molecule has 70 heavy (non-hydrogen) atoms. The van der Waals surface area contributed by atoms with Gasteiger partial charge >= 0.3 is 12.1 Å². The number of cyclic esters (lactones) is 1. The molecule has 0 saturated carbocycles. The second kappa shape index (κ2) is 24.1. The van der Waals surface area contributed by atoms with Crippen molar-refractivity contribution < 1.29 is 63.2 Å². The summed E-state index contributed by atoms with van der Waals surface area (Å²) in [6.45, 7) is 18.2. The average molecular weight is 1030 g/mol. The quantitative estimate of drug-likeness (QED) is 0.180.